The Morgan fingerprint density at radius 2 is 2.10 bits per heavy atom. The van der Waals surface area contributed by atoms with E-state index in [1.165, 1.54) is 4.88 Å². The van der Waals surface area contributed by atoms with Gasteiger partial charge in [-0.05, 0) is 29.6 Å². The van der Waals surface area contributed by atoms with Crippen molar-refractivity contribution in [2.24, 2.45) is 4.99 Å². The minimum atomic E-state index is 0. The van der Waals surface area contributed by atoms with Gasteiger partial charge >= 0.3 is 0 Å². The zero-order valence-electron chi connectivity index (χ0n) is 16.8. The van der Waals surface area contributed by atoms with Gasteiger partial charge in [0.15, 0.2) is 5.96 Å². The molecule has 1 aliphatic heterocycles. The van der Waals surface area contributed by atoms with Crippen molar-refractivity contribution in [3.05, 3.63) is 46.2 Å². The molecule has 1 aromatic heterocycles. The third-order valence-corrected chi connectivity index (χ3v) is 5.75. The highest BCUT2D eigenvalue weighted by Crippen LogP contribution is 2.25. The minimum Gasteiger partial charge on any atom is -0.508 e. The van der Waals surface area contributed by atoms with E-state index in [4.69, 9.17) is 9.47 Å². The van der Waals surface area contributed by atoms with E-state index in [1.54, 1.807) is 37.6 Å². The number of aromatic hydroxyl groups is 1. The highest BCUT2D eigenvalue weighted by molar-refractivity contribution is 14.0. The summed E-state index contributed by atoms with van der Waals surface area (Å²) in [5, 5.41) is 18.9. The van der Waals surface area contributed by atoms with Crippen LogP contribution in [0.5, 0.6) is 11.5 Å². The van der Waals surface area contributed by atoms with Crippen LogP contribution in [0.15, 0.2) is 40.7 Å². The van der Waals surface area contributed by atoms with Gasteiger partial charge in [-0.2, -0.15) is 0 Å². The van der Waals surface area contributed by atoms with Gasteiger partial charge in [-0.15, -0.1) is 35.3 Å². The number of hydrogen-bond acceptors (Lipinski definition) is 6. The zero-order chi connectivity index (χ0) is 19.8. The van der Waals surface area contributed by atoms with Crippen molar-refractivity contribution in [1.29, 1.82) is 0 Å². The van der Waals surface area contributed by atoms with Crippen molar-refractivity contribution in [3.8, 4) is 11.5 Å². The van der Waals surface area contributed by atoms with Crippen LogP contribution in [0.2, 0.25) is 0 Å². The smallest absolute Gasteiger partial charge is 0.191 e. The van der Waals surface area contributed by atoms with Crippen LogP contribution in [0.1, 0.15) is 16.5 Å². The lowest BCUT2D eigenvalue weighted by Gasteiger charge is -2.34. The van der Waals surface area contributed by atoms with Gasteiger partial charge in [0.1, 0.15) is 11.5 Å². The topological polar surface area (TPSA) is 78.4 Å². The SMILES string of the molecule is CN=C(NCc1cc(OC)ccc1O)NCC(c1cccs1)N1CCOCC1.I. The number of phenolic OH excluding ortho intramolecular Hbond substituents is 1. The van der Waals surface area contributed by atoms with Gasteiger partial charge in [-0.3, -0.25) is 9.89 Å². The Kier molecular flexibility index (Phi) is 9.98. The summed E-state index contributed by atoms with van der Waals surface area (Å²) >= 11 is 1.77. The quantitative estimate of drug-likeness (QED) is 0.289. The number of ether oxygens (including phenoxy) is 2. The number of methoxy groups -OCH3 is 1. The molecule has 29 heavy (non-hydrogen) atoms. The van der Waals surface area contributed by atoms with Crippen LogP contribution >= 0.6 is 35.3 Å². The van der Waals surface area contributed by atoms with Gasteiger partial charge in [0.05, 0.1) is 26.4 Å². The first kappa shape index (κ1) is 23.7. The first-order valence-corrected chi connectivity index (χ1v) is 10.2. The Morgan fingerprint density at radius 3 is 2.76 bits per heavy atom. The molecule has 1 saturated heterocycles. The second-order valence-electron chi connectivity index (χ2n) is 6.48. The number of morpholine rings is 1. The molecule has 160 valence electrons. The molecule has 2 heterocycles. The number of nitrogens with zero attached hydrogens (tertiary/aromatic N) is 2. The van der Waals surface area contributed by atoms with E-state index in [0.717, 1.165) is 38.4 Å². The van der Waals surface area contributed by atoms with E-state index < -0.39 is 0 Å². The predicted octanol–water partition coefficient (Wildman–Crippen LogP) is 2.82. The maximum absolute atomic E-state index is 10.1. The highest BCUT2D eigenvalue weighted by atomic mass is 127. The number of phenols is 1. The third kappa shape index (κ3) is 6.73. The van der Waals surface area contributed by atoms with Gasteiger partial charge in [-0.1, -0.05) is 6.07 Å². The molecule has 3 rings (SSSR count). The van der Waals surface area contributed by atoms with Crippen LogP contribution in [-0.4, -0.2) is 63.0 Å². The molecule has 3 N–H and O–H groups in total. The lowest BCUT2D eigenvalue weighted by atomic mass is 10.2. The summed E-state index contributed by atoms with van der Waals surface area (Å²) in [5.74, 6) is 1.63. The van der Waals surface area contributed by atoms with Gasteiger partial charge in [0, 0.05) is 43.7 Å². The molecule has 9 heteroatoms. The van der Waals surface area contributed by atoms with Gasteiger partial charge < -0.3 is 25.2 Å². The van der Waals surface area contributed by atoms with Crippen molar-refractivity contribution in [2.45, 2.75) is 12.6 Å². The van der Waals surface area contributed by atoms with Crippen LogP contribution in [0, 0.1) is 0 Å². The van der Waals surface area contributed by atoms with Gasteiger partial charge in [0.25, 0.3) is 0 Å². The fourth-order valence-electron chi connectivity index (χ4n) is 3.20. The van der Waals surface area contributed by atoms with Crippen molar-refractivity contribution in [3.63, 3.8) is 0 Å². The van der Waals surface area contributed by atoms with E-state index in [-0.39, 0.29) is 35.8 Å². The molecule has 0 amide bonds. The lowest BCUT2D eigenvalue weighted by molar-refractivity contribution is 0.0177. The Labute approximate surface area is 193 Å². The fourth-order valence-corrected chi connectivity index (χ4v) is 4.06. The molecule has 0 radical (unpaired) electrons. The molecule has 1 aromatic carbocycles. The lowest BCUT2D eigenvalue weighted by Crippen LogP contribution is -2.46. The summed E-state index contributed by atoms with van der Waals surface area (Å²) in [7, 11) is 3.36. The zero-order valence-corrected chi connectivity index (χ0v) is 19.9. The Morgan fingerprint density at radius 1 is 1.31 bits per heavy atom. The van der Waals surface area contributed by atoms with Gasteiger partial charge in [-0.25, -0.2) is 0 Å². The Hall–Kier alpha value is -1.56. The van der Waals surface area contributed by atoms with E-state index in [9.17, 15) is 5.11 Å². The summed E-state index contributed by atoms with van der Waals surface area (Å²) < 4.78 is 10.7. The van der Waals surface area contributed by atoms with E-state index in [1.807, 2.05) is 6.07 Å². The highest BCUT2D eigenvalue weighted by Gasteiger charge is 2.23. The van der Waals surface area contributed by atoms with Crippen LogP contribution in [-0.2, 0) is 11.3 Å². The van der Waals surface area contributed by atoms with E-state index in [2.05, 4.69) is 38.0 Å². The standard InChI is InChI=1S/C20H28N4O3S.HI/c1-21-20(22-13-15-12-16(26-2)5-6-18(15)25)23-14-17(19-4-3-11-28-19)24-7-9-27-10-8-24;/h3-6,11-12,17,25H,7-10,13-14H2,1-2H3,(H2,21,22,23);1H. The molecule has 0 aliphatic carbocycles. The molecule has 1 atom stereocenters. The van der Waals surface area contributed by atoms with Crippen LogP contribution in [0.4, 0.5) is 0 Å². The maximum Gasteiger partial charge on any atom is 0.191 e. The Bertz CT molecular complexity index is 767. The van der Waals surface area contributed by atoms with Crippen LogP contribution < -0.4 is 15.4 Å². The van der Waals surface area contributed by atoms with Crippen molar-refractivity contribution in [1.82, 2.24) is 15.5 Å². The Balaban J connectivity index is 0.00000300. The number of halogens is 1. The number of guanidine groups is 1. The summed E-state index contributed by atoms with van der Waals surface area (Å²) in [5.41, 5.74) is 0.755. The van der Waals surface area contributed by atoms with Crippen molar-refractivity contribution in [2.75, 3.05) is 47.0 Å². The number of rotatable bonds is 7. The molecule has 7 nitrogen and oxygen atoms in total. The normalized spacial score (nSPS) is 16.0. The number of thiophene rings is 1. The second-order valence-corrected chi connectivity index (χ2v) is 7.46. The molecular weight excluding hydrogens is 503 g/mol. The average molecular weight is 532 g/mol. The number of hydrogen-bond donors (Lipinski definition) is 3. The molecule has 2 aromatic rings. The van der Waals surface area contributed by atoms with Gasteiger partial charge in [0.2, 0.25) is 0 Å². The fraction of sp³-hybridized carbons (Fsp3) is 0.450. The van der Waals surface area contributed by atoms with Crippen LogP contribution in [0.3, 0.4) is 0 Å². The molecule has 1 aliphatic rings. The average Bonchev–Trinajstić information content (AvgIpc) is 3.27. The molecule has 0 spiro atoms. The number of nitrogens with one attached hydrogen (secondary N) is 2. The first-order chi connectivity index (χ1) is 13.7. The van der Waals surface area contributed by atoms with Crippen molar-refractivity contribution < 1.29 is 14.6 Å². The summed E-state index contributed by atoms with van der Waals surface area (Å²) in [4.78, 5) is 8.09. The monoisotopic (exact) mass is 532 g/mol. The summed E-state index contributed by atoms with van der Waals surface area (Å²) in [6, 6.07) is 9.73. The van der Waals surface area contributed by atoms with E-state index in [0.29, 0.717) is 18.3 Å². The summed E-state index contributed by atoms with van der Waals surface area (Å²) in [6.07, 6.45) is 0. The number of aliphatic imine (C=N–C) groups is 1. The molecule has 0 saturated carbocycles. The first-order valence-electron chi connectivity index (χ1n) is 9.37. The molecule has 1 unspecified atom stereocenters. The molecule has 1 fully saturated rings. The molecule has 0 bridgehead atoms. The molecular formula is C20H29IN4O3S. The van der Waals surface area contributed by atoms with E-state index >= 15 is 0 Å². The summed E-state index contributed by atoms with van der Waals surface area (Å²) in [6.45, 7) is 4.57. The second kappa shape index (κ2) is 12.2. The number of benzene rings is 1. The largest absolute Gasteiger partial charge is 0.508 e. The minimum absolute atomic E-state index is 0. The maximum atomic E-state index is 10.1. The predicted molar refractivity (Wildman–Crippen MR) is 128 cm³/mol. The van der Waals surface area contributed by atoms with Crippen LogP contribution in [0.25, 0.3) is 0 Å². The third-order valence-electron chi connectivity index (χ3n) is 4.78. The van der Waals surface area contributed by atoms with Crippen molar-refractivity contribution >= 4 is 41.3 Å².